The number of benzene rings is 1. The molecule has 0 bridgehead atoms. The summed E-state index contributed by atoms with van der Waals surface area (Å²) in [6, 6.07) is 5.07. The van der Waals surface area contributed by atoms with Gasteiger partial charge < -0.3 is 10.6 Å². The first-order valence-corrected chi connectivity index (χ1v) is 6.22. The SMILES string of the molecule is CC1(Nc2ccc(Br)cc2[N+](=O)[O-])CCNC1. The van der Waals surface area contributed by atoms with Gasteiger partial charge in [-0.05, 0) is 32.0 Å². The van der Waals surface area contributed by atoms with Gasteiger partial charge in [-0.1, -0.05) is 15.9 Å². The first-order chi connectivity index (χ1) is 8.00. The summed E-state index contributed by atoms with van der Waals surface area (Å²) in [6.07, 6.45) is 0.959. The normalized spacial score (nSPS) is 23.6. The highest BCUT2D eigenvalue weighted by molar-refractivity contribution is 9.10. The largest absolute Gasteiger partial charge is 0.373 e. The Bertz CT molecular complexity index is 444. The molecule has 92 valence electrons. The van der Waals surface area contributed by atoms with Gasteiger partial charge in [0.25, 0.3) is 5.69 Å². The monoisotopic (exact) mass is 299 g/mol. The zero-order valence-corrected chi connectivity index (χ0v) is 11.1. The van der Waals surface area contributed by atoms with E-state index in [-0.39, 0.29) is 16.1 Å². The molecular formula is C11H14BrN3O2. The first-order valence-electron chi connectivity index (χ1n) is 5.43. The summed E-state index contributed by atoms with van der Waals surface area (Å²) in [5.41, 5.74) is 0.565. The summed E-state index contributed by atoms with van der Waals surface area (Å²) in [6.45, 7) is 3.83. The highest BCUT2D eigenvalue weighted by atomic mass is 79.9. The van der Waals surface area contributed by atoms with Crippen molar-refractivity contribution < 1.29 is 4.92 Å². The average Bonchev–Trinajstić information content (AvgIpc) is 2.67. The summed E-state index contributed by atoms with van der Waals surface area (Å²) < 4.78 is 0.712. The van der Waals surface area contributed by atoms with Crippen LogP contribution in [0.2, 0.25) is 0 Å². The standard InChI is InChI=1S/C11H14BrN3O2/c1-11(4-5-13-7-11)14-9-3-2-8(12)6-10(9)15(16)17/h2-3,6,13-14H,4-5,7H2,1H3. The van der Waals surface area contributed by atoms with Gasteiger partial charge in [-0.2, -0.15) is 0 Å². The molecule has 0 aromatic heterocycles. The zero-order chi connectivity index (χ0) is 12.5. The van der Waals surface area contributed by atoms with Crippen LogP contribution in [0, 0.1) is 10.1 Å². The fourth-order valence-electron chi connectivity index (χ4n) is 2.01. The fraction of sp³-hybridized carbons (Fsp3) is 0.455. The number of halogens is 1. The lowest BCUT2D eigenvalue weighted by Gasteiger charge is -2.25. The molecule has 1 fully saturated rings. The molecule has 6 heteroatoms. The Hall–Kier alpha value is -1.14. The molecule has 1 aliphatic rings. The molecule has 0 amide bonds. The van der Waals surface area contributed by atoms with E-state index in [1.54, 1.807) is 12.1 Å². The molecule has 0 aliphatic carbocycles. The molecule has 0 saturated carbocycles. The third-order valence-electron chi connectivity index (χ3n) is 2.96. The maximum absolute atomic E-state index is 11.0. The second-order valence-electron chi connectivity index (χ2n) is 4.53. The number of nitro benzene ring substituents is 1. The van der Waals surface area contributed by atoms with Gasteiger partial charge in [-0.25, -0.2) is 0 Å². The fourth-order valence-corrected chi connectivity index (χ4v) is 2.36. The van der Waals surface area contributed by atoms with Crippen molar-refractivity contribution in [1.82, 2.24) is 5.32 Å². The summed E-state index contributed by atoms with van der Waals surface area (Å²) in [5, 5.41) is 17.5. The van der Waals surface area contributed by atoms with Gasteiger partial charge in [-0.15, -0.1) is 0 Å². The maximum Gasteiger partial charge on any atom is 0.293 e. The number of hydrogen-bond acceptors (Lipinski definition) is 4. The van der Waals surface area contributed by atoms with Gasteiger partial charge >= 0.3 is 0 Å². The van der Waals surface area contributed by atoms with Gasteiger partial charge in [0.05, 0.1) is 4.92 Å². The van der Waals surface area contributed by atoms with Gasteiger partial charge in [0.2, 0.25) is 0 Å². The lowest BCUT2D eigenvalue weighted by molar-refractivity contribution is -0.384. The van der Waals surface area contributed by atoms with Crippen LogP contribution in [0.15, 0.2) is 22.7 Å². The van der Waals surface area contributed by atoms with E-state index in [9.17, 15) is 10.1 Å². The van der Waals surface area contributed by atoms with Gasteiger partial charge in [0.15, 0.2) is 0 Å². The van der Waals surface area contributed by atoms with E-state index < -0.39 is 0 Å². The van der Waals surface area contributed by atoms with Crippen molar-refractivity contribution in [1.29, 1.82) is 0 Å². The van der Waals surface area contributed by atoms with Crippen LogP contribution >= 0.6 is 15.9 Å². The predicted molar refractivity (Wildman–Crippen MR) is 70.3 cm³/mol. The van der Waals surface area contributed by atoms with Crippen molar-refractivity contribution in [3.8, 4) is 0 Å². The highest BCUT2D eigenvalue weighted by Crippen LogP contribution is 2.31. The van der Waals surface area contributed by atoms with E-state index in [4.69, 9.17) is 0 Å². The van der Waals surface area contributed by atoms with Crippen LogP contribution in [-0.2, 0) is 0 Å². The molecule has 2 rings (SSSR count). The van der Waals surface area contributed by atoms with Crippen molar-refractivity contribution in [3.05, 3.63) is 32.8 Å². The molecule has 2 N–H and O–H groups in total. The Morgan fingerprint density at radius 1 is 1.59 bits per heavy atom. The van der Waals surface area contributed by atoms with Crippen LogP contribution in [-0.4, -0.2) is 23.6 Å². The predicted octanol–water partition coefficient (Wildman–Crippen LogP) is 2.52. The van der Waals surface area contributed by atoms with E-state index in [0.717, 1.165) is 19.5 Å². The molecule has 17 heavy (non-hydrogen) atoms. The first kappa shape index (κ1) is 12.3. The third kappa shape index (κ3) is 2.76. The molecule has 1 unspecified atom stereocenters. The summed E-state index contributed by atoms with van der Waals surface area (Å²) in [7, 11) is 0. The molecule has 1 saturated heterocycles. The Kier molecular flexibility index (Phi) is 3.35. The Balaban J connectivity index is 2.28. The Labute approximate surface area is 108 Å². The van der Waals surface area contributed by atoms with Crippen LogP contribution in [0.4, 0.5) is 11.4 Å². The lowest BCUT2D eigenvalue weighted by Crippen LogP contribution is -2.37. The van der Waals surface area contributed by atoms with Gasteiger partial charge in [-0.3, -0.25) is 10.1 Å². The number of hydrogen-bond donors (Lipinski definition) is 2. The van der Waals surface area contributed by atoms with Crippen molar-refractivity contribution in [2.75, 3.05) is 18.4 Å². The number of anilines is 1. The molecule has 1 atom stereocenters. The van der Waals surface area contributed by atoms with E-state index >= 15 is 0 Å². The lowest BCUT2D eigenvalue weighted by atomic mass is 10.0. The molecule has 1 aromatic rings. The smallest absolute Gasteiger partial charge is 0.293 e. The number of nitrogens with one attached hydrogen (secondary N) is 2. The zero-order valence-electron chi connectivity index (χ0n) is 9.50. The van der Waals surface area contributed by atoms with Crippen molar-refractivity contribution >= 4 is 27.3 Å². The van der Waals surface area contributed by atoms with Crippen LogP contribution in [0.25, 0.3) is 0 Å². The van der Waals surface area contributed by atoms with Crippen molar-refractivity contribution in [2.45, 2.75) is 18.9 Å². The molecule has 0 spiro atoms. The quantitative estimate of drug-likeness (QED) is 0.665. The second-order valence-corrected chi connectivity index (χ2v) is 5.45. The van der Waals surface area contributed by atoms with Crippen LogP contribution in [0.5, 0.6) is 0 Å². The van der Waals surface area contributed by atoms with Crippen LogP contribution in [0.3, 0.4) is 0 Å². The Morgan fingerprint density at radius 3 is 2.94 bits per heavy atom. The van der Waals surface area contributed by atoms with E-state index in [2.05, 4.69) is 33.5 Å². The number of rotatable bonds is 3. The molecule has 1 heterocycles. The van der Waals surface area contributed by atoms with E-state index in [0.29, 0.717) is 10.2 Å². The van der Waals surface area contributed by atoms with Gasteiger partial charge in [0, 0.05) is 22.6 Å². The average molecular weight is 300 g/mol. The topological polar surface area (TPSA) is 67.2 Å². The molecule has 5 nitrogen and oxygen atoms in total. The molecular weight excluding hydrogens is 286 g/mol. The van der Waals surface area contributed by atoms with Crippen molar-refractivity contribution in [2.24, 2.45) is 0 Å². The minimum absolute atomic E-state index is 0.104. The summed E-state index contributed by atoms with van der Waals surface area (Å²) in [5.74, 6) is 0. The highest BCUT2D eigenvalue weighted by Gasteiger charge is 2.30. The maximum atomic E-state index is 11.0. The minimum atomic E-state index is -0.362. The summed E-state index contributed by atoms with van der Waals surface area (Å²) in [4.78, 5) is 10.6. The van der Waals surface area contributed by atoms with E-state index in [1.807, 2.05) is 0 Å². The number of nitro groups is 1. The third-order valence-corrected chi connectivity index (χ3v) is 3.45. The van der Waals surface area contributed by atoms with Crippen LogP contribution in [0.1, 0.15) is 13.3 Å². The molecule has 0 radical (unpaired) electrons. The van der Waals surface area contributed by atoms with Crippen molar-refractivity contribution in [3.63, 3.8) is 0 Å². The van der Waals surface area contributed by atoms with E-state index in [1.165, 1.54) is 6.07 Å². The number of nitrogens with zero attached hydrogens (tertiary/aromatic N) is 1. The molecule has 1 aliphatic heterocycles. The second kappa shape index (κ2) is 4.62. The minimum Gasteiger partial charge on any atom is -0.373 e. The summed E-state index contributed by atoms with van der Waals surface area (Å²) >= 11 is 3.25. The van der Waals surface area contributed by atoms with Crippen LogP contribution < -0.4 is 10.6 Å². The van der Waals surface area contributed by atoms with Gasteiger partial charge in [0.1, 0.15) is 5.69 Å². The molecule has 1 aromatic carbocycles. The Morgan fingerprint density at radius 2 is 2.35 bits per heavy atom.